The summed E-state index contributed by atoms with van der Waals surface area (Å²) < 4.78 is 36.1. The number of ketones is 2. The Balaban J connectivity index is 0.000000428. The van der Waals surface area contributed by atoms with E-state index < -0.39 is 80.1 Å². The van der Waals surface area contributed by atoms with Crippen molar-refractivity contribution in [3.8, 4) is 11.5 Å². The van der Waals surface area contributed by atoms with Crippen molar-refractivity contribution in [1.29, 1.82) is 0 Å². The second-order valence-electron chi connectivity index (χ2n) is 21.8. The molecule has 3 aliphatic rings. The number of phenolic OH excluding ortho intramolecular Hbond substituents is 1. The maximum Gasteiger partial charge on any atom is 0.414 e. The van der Waals surface area contributed by atoms with Crippen LogP contribution in [-0.2, 0) is 33.3 Å². The largest absolute Gasteiger partial charge is 0.543 e. The van der Waals surface area contributed by atoms with Crippen LogP contribution in [0, 0.1) is 11.8 Å². The van der Waals surface area contributed by atoms with E-state index in [1.54, 1.807) is 71.0 Å². The van der Waals surface area contributed by atoms with Crippen molar-refractivity contribution >= 4 is 61.4 Å². The van der Waals surface area contributed by atoms with E-state index in [4.69, 9.17) is 28.1 Å². The van der Waals surface area contributed by atoms with E-state index in [1.807, 2.05) is 47.6 Å². The summed E-state index contributed by atoms with van der Waals surface area (Å²) in [6.07, 6.45) is 7.24. The topological polar surface area (TPSA) is 217 Å². The number of phenols is 1. The predicted molar refractivity (Wildman–Crippen MR) is 292 cm³/mol. The number of nitrogens with zero attached hydrogens (tertiary/aromatic N) is 1. The van der Waals surface area contributed by atoms with Crippen LogP contribution < -0.4 is 14.6 Å². The van der Waals surface area contributed by atoms with Gasteiger partial charge in [0.1, 0.15) is 52.6 Å². The molecule has 8 atom stereocenters. The van der Waals surface area contributed by atoms with E-state index in [0.717, 1.165) is 0 Å². The van der Waals surface area contributed by atoms with E-state index in [-0.39, 0.29) is 53.4 Å². The molecule has 0 spiro atoms. The van der Waals surface area contributed by atoms with Crippen molar-refractivity contribution in [1.82, 2.24) is 0 Å². The van der Waals surface area contributed by atoms with Gasteiger partial charge in [0, 0.05) is 42.7 Å². The Morgan fingerprint density at radius 2 is 1.32 bits per heavy atom. The Hall–Kier alpha value is -5.59. The van der Waals surface area contributed by atoms with Crippen LogP contribution in [0.5, 0.6) is 11.5 Å². The van der Waals surface area contributed by atoms with Crippen LogP contribution in [0.2, 0.25) is 18.1 Å². The standard InChI is InChI=1S/C35H53NO8Si.C21H27NO6.CH4/c1-14-36(32(39)43-33(4,5)6)25-20-24-16-15-17-27-30(42-35(10,11)41-27)26(37)19-18-22(2)23(3)40-31(38)29(24)28(21-25)44-45(12,13)34(7,8)9;1-4-22-15-10-14-6-5-7-16(23)20(26)17(24)9-8-12(2)13(3)28-21(27)19(14)18(25)11-15;/h15-16,18-23,27,30H,14,17H2,1-13H3;5-6,8-13,16,20,22-23,25-26H,4,7H2,1-3H3;1H4/b16-15+,19-18-;6-5+,9-8-;/t22-,23+,27+,30-;12-,13+,16+,20+;/m11./s1. The van der Waals surface area contributed by atoms with Crippen LogP contribution >= 0.6 is 0 Å². The number of esters is 2. The molecule has 3 aliphatic heterocycles. The molecule has 2 aromatic carbocycles. The number of aliphatic hydroxyl groups excluding tert-OH is 2. The molecule has 17 heteroatoms. The van der Waals surface area contributed by atoms with Crippen LogP contribution in [0.4, 0.5) is 16.2 Å². The summed E-state index contributed by atoms with van der Waals surface area (Å²) in [4.78, 5) is 66.7. The van der Waals surface area contributed by atoms with Crippen LogP contribution in [0.3, 0.4) is 0 Å². The minimum absolute atomic E-state index is 0. The molecule has 74 heavy (non-hydrogen) atoms. The van der Waals surface area contributed by atoms with Gasteiger partial charge in [0.15, 0.2) is 17.4 Å². The summed E-state index contributed by atoms with van der Waals surface area (Å²) in [7, 11) is -2.48. The van der Waals surface area contributed by atoms with Gasteiger partial charge < -0.3 is 48.7 Å². The molecular weight excluding hydrogens is 965 g/mol. The fraction of sp³-hybridized carbons (Fsp3) is 0.561. The summed E-state index contributed by atoms with van der Waals surface area (Å²) in [5.41, 5.74) is 1.66. The molecule has 0 radical (unpaired) electrons. The molecule has 0 unspecified atom stereocenters. The summed E-state index contributed by atoms with van der Waals surface area (Å²) in [6.45, 7) is 31.4. The molecule has 0 bridgehead atoms. The Morgan fingerprint density at radius 3 is 1.86 bits per heavy atom. The number of benzene rings is 2. The van der Waals surface area contributed by atoms with Crippen molar-refractivity contribution in [3.05, 3.63) is 83.0 Å². The molecule has 0 aliphatic carbocycles. The SMILES string of the molecule is C.CCN(C(=O)OC(C)(C)C)c1cc2c(c(O[Si](C)(C)C(C)(C)C)c1)C(=O)O[C@@H](C)[C@H](C)/C=C\C(=O)[C@H]1OC(C)(C)O[C@H]1C/C=C/2.CCNc1cc(O)c2c(c1)/C=C/C[C@H](O)[C@H](O)C(=O)/C=C\[C@@H](C)[C@H](C)OC2=O. The van der Waals surface area contributed by atoms with Gasteiger partial charge in [-0.2, -0.15) is 0 Å². The molecule has 0 saturated carbocycles. The van der Waals surface area contributed by atoms with Gasteiger partial charge >= 0.3 is 18.0 Å². The third-order valence-electron chi connectivity index (χ3n) is 13.1. The van der Waals surface area contributed by atoms with Crippen molar-refractivity contribution < 1.29 is 67.4 Å². The molecular formula is C57H84N2O14Si. The third-order valence-corrected chi connectivity index (χ3v) is 17.5. The number of carbonyl (C=O) groups is 5. The van der Waals surface area contributed by atoms with Crippen LogP contribution in [0.25, 0.3) is 12.2 Å². The van der Waals surface area contributed by atoms with Gasteiger partial charge in [-0.05, 0) is 129 Å². The molecule has 0 aromatic heterocycles. The van der Waals surface area contributed by atoms with Crippen LogP contribution in [0.1, 0.15) is 149 Å². The lowest BCUT2D eigenvalue weighted by molar-refractivity contribution is -0.152. The van der Waals surface area contributed by atoms with E-state index >= 15 is 0 Å². The first-order valence-electron chi connectivity index (χ1n) is 25.2. The van der Waals surface area contributed by atoms with E-state index in [0.29, 0.717) is 47.8 Å². The monoisotopic (exact) mass is 1050 g/mol. The van der Waals surface area contributed by atoms with Crippen LogP contribution in [0.15, 0.2) is 60.7 Å². The van der Waals surface area contributed by atoms with Gasteiger partial charge in [-0.1, -0.05) is 78.5 Å². The van der Waals surface area contributed by atoms with E-state index in [2.05, 4.69) is 39.2 Å². The highest BCUT2D eigenvalue weighted by Gasteiger charge is 2.44. The lowest BCUT2D eigenvalue weighted by Gasteiger charge is -2.37. The smallest absolute Gasteiger partial charge is 0.414 e. The first-order chi connectivity index (χ1) is 33.8. The van der Waals surface area contributed by atoms with Gasteiger partial charge in [0.25, 0.3) is 8.32 Å². The molecule has 16 nitrogen and oxygen atoms in total. The maximum atomic E-state index is 14.0. The predicted octanol–water partition coefficient (Wildman–Crippen LogP) is 11.0. The number of fused-ring (bicyclic) bond motifs is 3. The lowest BCUT2D eigenvalue weighted by atomic mass is 9.99. The van der Waals surface area contributed by atoms with Gasteiger partial charge in [-0.3, -0.25) is 14.5 Å². The molecule has 410 valence electrons. The van der Waals surface area contributed by atoms with Crippen molar-refractivity contribution in [2.45, 2.75) is 183 Å². The number of hydrogen-bond donors (Lipinski definition) is 4. The average Bonchev–Trinajstić information content (AvgIpc) is 3.58. The molecule has 2 aromatic rings. The van der Waals surface area contributed by atoms with Crippen LogP contribution in [-0.4, -0.2) is 114 Å². The number of ether oxygens (including phenoxy) is 5. The minimum Gasteiger partial charge on any atom is -0.543 e. The van der Waals surface area contributed by atoms with Crippen molar-refractivity contribution in [2.24, 2.45) is 11.8 Å². The van der Waals surface area contributed by atoms with Crippen molar-refractivity contribution in [2.75, 3.05) is 23.3 Å². The highest BCUT2D eigenvalue weighted by atomic mass is 28.4. The first kappa shape index (κ1) is 62.7. The molecule has 1 saturated heterocycles. The number of anilines is 2. The Bertz CT molecular complexity index is 2440. The number of rotatable bonds is 6. The number of aromatic hydroxyl groups is 1. The number of nitrogens with one attached hydrogen (secondary N) is 1. The number of carbonyl (C=O) groups excluding carboxylic acids is 5. The molecule has 1 fully saturated rings. The zero-order valence-electron chi connectivity index (χ0n) is 45.7. The number of hydrogen-bond acceptors (Lipinski definition) is 15. The molecule has 1 amide bonds. The van der Waals surface area contributed by atoms with Gasteiger partial charge in [0.2, 0.25) is 0 Å². The Kier molecular flexibility index (Phi) is 21.8. The summed E-state index contributed by atoms with van der Waals surface area (Å²) in [6, 6.07) is 6.65. The van der Waals surface area contributed by atoms with Gasteiger partial charge in [-0.25, -0.2) is 14.4 Å². The fourth-order valence-electron chi connectivity index (χ4n) is 7.58. The van der Waals surface area contributed by atoms with Gasteiger partial charge in [-0.15, -0.1) is 0 Å². The third kappa shape index (κ3) is 16.7. The fourth-order valence-corrected chi connectivity index (χ4v) is 8.60. The zero-order valence-corrected chi connectivity index (χ0v) is 46.7. The second-order valence-corrected chi connectivity index (χ2v) is 26.6. The average molecular weight is 1050 g/mol. The molecule has 4 N–H and O–H groups in total. The summed E-state index contributed by atoms with van der Waals surface area (Å²) >= 11 is 0. The number of cyclic esters (lactones) is 2. The number of amides is 1. The van der Waals surface area contributed by atoms with E-state index in [1.165, 1.54) is 35.3 Å². The summed E-state index contributed by atoms with van der Waals surface area (Å²) in [5, 5.41) is 33.3. The first-order valence-corrected chi connectivity index (χ1v) is 28.1. The Morgan fingerprint density at radius 1 is 0.784 bits per heavy atom. The van der Waals surface area contributed by atoms with Gasteiger partial charge in [0.05, 0.1) is 17.9 Å². The highest BCUT2D eigenvalue weighted by Crippen LogP contribution is 2.42. The highest BCUT2D eigenvalue weighted by molar-refractivity contribution is 6.74. The minimum atomic E-state index is -2.48. The number of aliphatic hydroxyl groups is 2. The quantitative estimate of drug-likeness (QED) is 0.120. The Labute approximate surface area is 440 Å². The lowest BCUT2D eigenvalue weighted by Crippen LogP contribution is -2.44. The molecule has 3 heterocycles. The zero-order chi connectivity index (χ0) is 55.0. The molecule has 5 rings (SSSR count). The second kappa shape index (κ2) is 25.8. The normalized spacial score (nSPS) is 26.5. The maximum absolute atomic E-state index is 14.0. The van der Waals surface area contributed by atoms with E-state index in [9.17, 15) is 39.3 Å². The van der Waals surface area contributed by atoms with Crippen molar-refractivity contribution in [3.63, 3.8) is 0 Å². The summed E-state index contributed by atoms with van der Waals surface area (Å²) in [5.74, 6) is -3.43.